The van der Waals surface area contributed by atoms with Crippen LogP contribution in [0.15, 0.2) is 115 Å². The first kappa shape index (κ1) is 23.7. The summed E-state index contributed by atoms with van der Waals surface area (Å²) in [5.74, 6) is 0. The van der Waals surface area contributed by atoms with Gasteiger partial charge >= 0.3 is 0 Å². The van der Waals surface area contributed by atoms with Crippen molar-refractivity contribution in [2.75, 3.05) is 6.61 Å². The second-order valence-corrected chi connectivity index (χ2v) is 9.39. The van der Waals surface area contributed by atoms with Gasteiger partial charge in [-0.3, -0.25) is 0 Å². The molecule has 3 aromatic carbocycles. The molecule has 166 valence electrons. The Morgan fingerprint density at radius 1 is 0.875 bits per heavy atom. The number of rotatable bonds is 11. The summed E-state index contributed by atoms with van der Waals surface area (Å²) in [5, 5.41) is 0. The Morgan fingerprint density at radius 3 is 2.03 bits per heavy atom. The van der Waals surface area contributed by atoms with Gasteiger partial charge in [-0.05, 0) is 30.2 Å². The number of aryl methyl sites for hydroxylation is 1. The molecule has 0 unspecified atom stereocenters. The Bertz CT molecular complexity index is 1110. The van der Waals surface area contributed by atoms with Gasteiger partial charge in [-0.1, -0.05) is 90.5 Å². The van der Waals surface area contributed by atoms with Crippen LogP contribution in [0.25, 0.3) is 0 Å². The third-order valence-electron chi connectivity index (χ3n) is 5.23. The molecule has 3 aromatic rings. The number of sulfonamides is 1. The Balaban J connectivity index is 1.97. The van der Waals surface area contributed by atoms with Crippen LogP contribution in [-0.2, 0) is 21.4 Å². The predicted molar refractivity (Wildman–Crippen MR) is 130 cm³/mol. The van der Waals surface area contributed by atoms with E-state index in [0.29, 0.717) is 6.61 Å². The zero-order valence-electron chi connectivity index (χ0n) is 18.3. The van der Waals surface area contributed by atoms with E-state index in [1.54, 1.807) is 36.4 Å². The normalized spacial score (nSPS) is 13.4. The summed E-state index contributed by atoms with van der Waals surface area (Å²) in [7, 11) is -3.87. The molecule has 0 radical (unpaired) electrons. The van der Waals surface area contributed by atoms with Crippen molar-refractivity contribution in [2.45, 2.75) is 30.5 Å². The molecule has 32 heavy (non-hydrogen) atoms. The smallest absolute Gasteiger partial charge is 0.244 e. The molecule has 2 atom stereocenters. The zero-order valence-corrected chi connectivity index (χ0v) is 19.1. The second-order valence-electron chi connectivity index (χ2n) is 7.54. The van der Waals surface area contributed by atoms with Crippen molar-refractivity contribution in [1.82, 2.24) is 4.31 Å². The highest BCUT2D eigenvalue weighted by Crippen LogP contribution is 2.31. The van der Waals surface area contributed by atoms with Gasteiger partial charge in [-0.15, -0.1) is 13.2 Å². The number of nitrogens with zero attached hydrogens (tertiary/aromatic N) is 1. The molecule has 4 nitrogen and oxygen atoms in total. The van der Waals surface area contributed by atoms with Crippen LogP contribution < -0.4 is 0 Å². The van der Waals surface area contributed by atoms with E-state index in [1.807, 2.05) is 67.6 Å². The average molecular weight is 448 g/mol. The van der Waals surface area contributed by atoms with Gasteiger partial charge in [0.15, 0.2) is 0 Å². The summed E-state index contributed by atoms with van der Waals surface area (Å²) < 4.78 is 35.0. The molecule has 0 saturated heterocycles. The van der Waals surface area contributed by atoms with Crippen molar-refractivity contribution < 1.29 is 13.2 Å². The fraction of sp³-hybridized carbons (Fsp3) is 0.185. The molecule has 0 amide bonds. The maximum atomic E-state index is 13.8. The minimum absolute atomic E-state index is 0.167. The lowest BCUT2D eigenvalue weighted by atomic mass is 10.1. The lowest BCUT2D eigenvalue weighted by molar-refractivity contribution is 0.0859. The van der Waals surface area contributed by atoms with E-state index in [-0.39, 0.29) is 11.5 Å². The minimum atomic E-state index is -3.87. The van der Waals surface area contributed by atoms with Crippen molar-refractivity contribution in [3.05, 3.63) is 127 Å². The molecule has 0 fully saturated rings. The number of hydrogen-bond acceptors (Lipinski definition) is 3. The molecule has 5 heteroatoms. The fourth-order valence-electron chi connectivity index (χ4n) is 3.52. The summed E-state index contributed by atoms with van der Waals surface area (Å²) in [5.41, 5.74) is 2.84. The minimum Gasteiger partial charge on any atom is -0.375 e. The van der Waals surface area contributed by atoms with E-state index in [1.165, 1.54) is 4.31 Å². The molecule has 0 N–H and O–H groups in total. The predicted octanol–water partition coefficient (Wildman–Crippen LogP) is 5.68. The third kappa shape index (κ3) is 5.62. The standard InChI is InChI=1S/C27H29NO3S/c1-4-25(21-31-20-23-12-8-6-9-13-23)28(27(5-2)24-14-10-7-11-15-24)32(29,30)26-18-16-22(3)17-19-26/h4-19,25,27H,1-2,20-21H2,3H3/t25-,27+/m0/s1. The number of benzene rings is 3. The van der Waals surface area contributed by atoms with Crippen LogP contribution in [0.3, 0.4) is 0 Å². The van der Waals surface area contributed by atoms with Gasteiger partial charge in [0.1, 0.15) is 0 Å². The van der Waals surface area contributed by atoms with E-state index < -0.39 is 22.1 Å². The van der Waals surface area contributed by atoms with Gasteiger partial charge in [0, 0.05) is 0 Å². The summed E-state index contributed by atoms with van der Waals surface area (Å²) in [4.78, 5) is 0.223. The summed E-state index contributed by atoms with van der Waals surface area (Å²) in [6.45, 7) is 10.3. The van der Waals surface area contributed by atoms with Crippen LogP contribution in [0.2, 0.25) is 0 Å². The zero-order chi connectivity index (χ0) is 23.0. The van der Waals surface area contributed by atoms with Gasteiger partial charge in [0.25, 0.3) is 0 Å². The van der Waals surface area contributed by atoms with Crippen LogP contribution in [0.1, 0.15) is 22.7 Å². The molecular weight excluding hydrogens is 418 g/mol. The van der Waals surface area contributed by atoms with Gasteiger partial charge < -0.3 is 4.74 Å². The van der Waals surface area contributed by atoms with Gasteiger partial charge in [0.05, 0.1) is 30.2 Å². The lowest BCUT2D eigenvalue weighted by Crippen LogP contribution is -2.43. The molecule has 0 aliphatic heterocycles. The highest BCUT2D eigenvalue weighted by atomic mass is 32.2. The van der Waals surface area contributed by atoms with E-state index in [0.717, 1.165) is 16.7 Å². The van der Waals surface area contributed by atoms with Crippen LogP contribution in [0.4, 0.5) is 0 Å². The summed E-state index contributed by atoms with van der Waals surface area (Å²) in [6, 6.07) is 24.9. The highest BCUT2D eigenvalue weighted by molar-refractivity contribution is 7.89. The van der Waals surface area contributed by atoms with E-state index in [9.17, 15) is 8.42 Å². The van der Waals surface area contributed by atoms with E-state index >= 15 is 0 Å². The van der Waals surface area contributed by atoms with Crippen molar-refractivity contribution in [1.29, 1.82) is 0 Å². The monoisotopic (exact) mass is 447 g/mol. The molecule has 0 spiro atoms. The van der Waals surface area contributed by atoms with Crippen LogP contribution >= 0.6 is 0 Å². The summed E-state index contributed by atoms with van der Waals surface area (Å²) in [6.07, 6.45) is 3.27. The van der Waals surface area contributed by atoms with Crippen molar-refractivity contribution in [3.63, 3.8) is 0 Å². The number of ether oxygens (including phenoxy) is 1. The highest BCUT2D eigenvalue weighted by Gasteiger charge is 2.36. The Morgan fingerprint density at radius 2 is 1.47 bits per heavy atom. The molecule has 0 bridgehead atoms. The molecule has 0 heterocycles. The van der Waals surface area contributed by atoms with Crippen molar-refractivity contribution in [3.8, 4) is 0 Å². The topological polar surface area (TPSA) is 46.6 Å². The van der Waals surface area contributed by atoms with Gasteiger partial charge in [0.2, 0.25) is 10.0 Å². The molecule has 0 aromatic heterocycles. The van der Waals surface area contributed by atoms with Crippen molar-refractivity contribution in [2.24, 2.45) is 0 Å². The quantitative estimate of drug-likeness (QED) is 0.355. The molecule has 3 rings (SSSR count). The first-order chi connectivity index (χ1) is 15.5. The van der Waals surface area contributed by atoms with E-state index in [4.69, 9.17) is 4.74 Å². The van der Waals surface area contributed by atoms with Gasteiger partial charge in [-0.2, -0.15) is 4.31 Å². The van der Waals surface area contributed by atoms with Crippen LogP contribution in [-0.4, -0.2) is 25.4 Å². The molecule has 0 aliphatic carbocycles. The Kier molecular flexibility index (Phi) is 8.17. The van der Waals surface area contributed by atoms with Crippen molar-refractivity contribution >= 4 is 10.0 Å². The first-order valence-electron chi connectivity index (χ1n) is 10.5. The average Bonchev–Trinajstić information content (AvgIpc) is 2.82. The maximum Gasteiger partial charge on any atom is 0.244 e. The third-order valence-corrected chi connectivity index (χ3v) is 7.15. The second kappa shape index (κ2) is 11.0. The van der Waals surface area contributed by atoms with Crippen LogP contribution in [0, 0.1) is 6.92 Å². The van der Waals surface area contributed by atoms with E-state index in [2.05, 4.69) is 13.2 Å². The lowest BCUT2D eigenvalue weighted by Gasteiger charge is -2.34. The molecule has 0 aliphatic rings. The summed E-state index contributed by atoms with van der Waals surface area (Å²) >= 11 is 0. The molecule has 0 saturated carbocycles. The fourth-order valence-corrected chi connectivity index (χ4v) is 5.25. The first-order valence-corrected chi connectivity index (χ1v) is 11.9. The Labute approximate surface area is 191 Å². The van der Waals surface area contributed by atoms with Crippen LogP contribution in [0.5, 0.6) is 0 Å². The SMILES string of the molecule is C=C[C@H](c1ccccc1)N([C@@H](C=C)COCc1ccccc1)S(=O)(=O)c1ccc(C)cc1. The van der Waals surface area contributed by atoms with Gasteiger partial charge in [-0.25, -0.2) is 8.42 Å². The Hall–Kier alpha value is -2.99. The number of hydrogen-bond donors (Lipinski definition) is 0. The molecular formula is C27H29NO3S. The maximum absolute atomic E-state index is 13.8. The largest absolute Gasteiger partial charge is 0.375 e.